The molecule has 0 bridgehead atoms. The molecule has 4 N–H and O–H groups in total. The van der Waals surface area contributed by atoms with E-state index in [9.17, 15) is 9.90 Å². The van der Waals surface area contributed by atoms with Gasteiger partial charge in [0.15, 0.2) is 0 Å². The highest BCUT2D eigenvalue weighted by Gasteiger charge is 2.32. The first-order valence-corrected chi connectivity index (χ1v) is 7.46. The van der Waals surface area contributed by atoms with E-state index >= 15 is 0 Å². The lowest BCUT2D eigenvalue weighted by molar-refractivity contribution is 0.0858. The van der Waals surface area contributed by atoms with Crippen LogP contribution in [0, 0.1) is 0 Å². The lowest BCUT2D eigenvalue weighted by Crippen LogP contribution is -2.33. The number of benzene rings is 2. The van der Waals surface area contributed by atoms with Gasteiger partial charge in [0.25, 0.3) is 5.91 Å². The summed E-state index contributed by atoms with van der Waals surface area (Å²) in [6.45, 7) is 0. The Morgan fingerprint density at radius 3 is 2.81 bits per heavy atom. The quantitative estimate of drug-likeness (QED) is 0.731. The topological polar surface area (TPSA) is 75.4 Å². The fourth-order valence-electron chi connectivity index (χ4n) is 2.72. The van der Waals surface area contributed by atoms with Crippen molar-refractivity contribution in [1.82, 2.24) is 5.32 Å². The third-order valence-electron chi connectivity index (χ3n) is 3.67. The SMILES string of the molecule is Nc1cc(Br)cc(C(=O)N[C@@H]2c3ccccc3C[C@@H]2O)c1. The molecule has 0 saturated heterocycles. The van der Waals surface area contributed by atoms with E-state index in [-0.39, 0.29) is 11.9 Å². The van der Waals surface area contributed by atoms with Gasteiger partial charge in [0.2, 0.25) is 0 Å². The van der Waals surface area contributed by atoms with E-state index < -0.39 is 6.10 Å². The lowest BCUT2D eigenvalue weighted by atomic mass is 10.1. The molecule has 0 spiro atoms. The van der Waals surface area contributed by atoms with Gasteiger partial charge in [-0.15, -0.1) is 0 Å². The number of carbonyl (C=O) groups excluding carboxylic acids is 1. The number of nitrogens with one attached hydrogen (secondary N) is 1. The van der Waals surface area contributed by atoms with Crippen LogP contribution in [0.2, 0.25) is 0 Å². The van der Waals surface area contributed by atoms with E-state index in [1.54, 1.807) is 18.2 Å². The van der Waals surface area contributed by atoms with Gasteiger partial charge in [-0.3, -0.25) is 4.79 Å². The summed E-state index contributed by atoms with van der Waals surface area (Å²) in [7, 11) is 0. The minimum Gasteiger partial charge on any atom is -0.399 e. The van der Waals surface area contributed by atoms with Crippen molar-refractivity contribution in [2.75, 3.05) is 5.73 Å². The van der Waals surface area contributed by atoms with Crippen LogP contribution >= 0.6 is 15.9 Å². The van der Waals surface area contributed by atoms with Crippen LogP contribution in [-0.2, 0) is 6.42 Å². The zero-order valence-corrected chi connectivity index (χ0v) is 12.8. The molecular formula is C16H15BrN2O2. The van der Waals surface area contributed by atoms with Crippen LogP contribution in [0.1, 0.15) is 27.5 Å². The number of aliphatic hydroxyl groups is 1. The van der Waals surface area contributed by atoms with Gasteiger partial charge in [-0.1, -0.05) is 40.2 Å². The predicted octanol–water partition coefficient (Wildman–Crippen LogP) is 2.42. The number of aliphatic hydroxyl groups excluding tert-OH is 1. The molecule has 0 aliphatic heterocycles. The molecule has 21 heavy (non-hydrogen) atoms. The number of hydrogen-bond acceptors (Lipinski definition) is 3. The van der Waals surface area contributed by atoms with Crippen LogP contribution in [0.3, 0.4) is 0 Å². The normalized spacial score (nSPS) is 20.1. The molecule has 5 heteroatoms. The summed E-state index contributed by atoms with van der Waals surface area (Å²) >= 11 is 3.32. The standard InChI is InChI=1S/C16H15BrN2O2/c17-11-5-10(6-12(18)8-11)16(21)19-15-13-4-2-1-3-9(13)7-14(15)20/h1-6,8,14-15,20H,7,18H2,(H,19,21)/t14-,15+/m0/s1. The maximum atomic E-state index is 12.4. The largest absolute Gasteiger partial charge is 0.399 e. The zero-order valence-electron chi connectivity index (χ0n) is 11.2. The number of fused-ring (bicyclic) bond motifs is 1. The third kappa shape index (κ3) is 2.80. The molecule has 0 radical (unpaired) electrons. The van der Waals surface area contributed by atoms with Crippen molar-refractivity contribution in [2.24, 2.45) is 0 Å². The molecule has 0 saturated carbocycles. The summed E-state index contributed by atoms with van der Waals surface area (Å²) in [6.07, 6.45) is -0.0438. The van der Waals surface area contributed by atoms with Gasteiger partial charge in [-0.2, -0.15) is 0 Å². The number of anilines is 1. The molecule has 2 aromatic rings. The molecule has 0 fully saturated rings. The molecule has 4 nitrogen and oxygen atoms in total. The molecule has 2 aromatic carbocycles. The lowest BCUT2D eigenvalue weighted by Gasteiger charge is -2.18. The molecule has 1 aliphatic rings. The van der Waals surface area contributed by atoms with Crippen LogP contribution in [0.4, 0.5) is 5.69 Å². The number of nitrogens with two attached hydrogens (primary N) is 1. The summed E-state index contributed by atoms with van der Waals surface area (Å²) in [5.74, 6) is -0.247. The maximum absolute atomic E-state index is 12.4. The second-order valence-electron chi connectivity index (χ2n) is 5.19. The van der Waals surface area contributed by atoms with Crippen molar-refractivity contribution >= 4 is 27.5 Å². The molecule has 3 rings (SSSR count). The van der Waals surface area contributed by atoms with Crippen molar-refractivity contribution in [1.29, 1.82) is 0 Å². The molecule has 0 aromatic heterocycles. The average molecular weight is 347 g/mol. The molecule has 1 amide bonds. The van der Waals surface area contributed by atoms with Crippen LogP contribution in [0.25, 0.3) is 0 Å². The molecular weight excluding hydrogens is 332 g/mol. The number of nitrogen functional groups attached to an aromatic ring is 1. The first kappa shape index (κ1) is 14.1. The van der Waals surface area contributed by atoms with Gasteiger partial charge >= 0.3 is 0 Å². The predicted molar refractivity (Wildman–Crippen MR) is 84.9 cm³/mol. The number of halogens is 1. The smallest absolute Gasteiger partial charge is 0.251 e. The Labute approximate surface area is 131 Å². The van der Waals surface area contributed by atoms with Crippen molar-refractivity contribution in [3.63, 3.8) is 0 Å². The van der Waals surface area contributed by atoms with Crippen molar-refractivity contribution in [3.8, 4) is 0 Å². The Morgan fingerprint density at radius 2 is 2.05 bits per heavy atom. The highest BCUT2D eigenvalue weighted by Crippen LogP contribution is 2.31. The molecule has 0 heterocycles. The minimum atomic E-state index is -0.601. The Kier molecular flexibility index (Phi) is 3.69. The summed E-state index contributed by atoms with van der Waals surface area (Å²) in [4.78, 5) is 12.4. The molecule has 108 valence electrons. The summed E-state index contributed by atoms with van der Waals surface area (Å²) in [5.41, 5.74) is 8.78. The first-order valence-electron chi connectivity index (χ1n) is 6.67. The fourth-order valence-corrected chi connectivity index (χ4v) is 3.23. The van der Waals surface area contributed by atoms with Crippen LogP contribution in [0.15, 0.2) is 46.9 Å². The highest BCUT2D eigenvalue weighted by molar-refractivity contribution is 9.10. The summed E-state index contributed by atoms with van der Waals surface area (Å²) in [5, 5.41) is 13.1. The zero-order chi connectivity index (χ0) is 15.0. The third-order valence-corrected chi connectivity index (χ3v) is 4.13. The van der Waals surface area contributed by atoms with Crippen LogP contribution in [0.5, 0.6) is 0 Å². The molecule has 0 unspecified atom stereocenters. The second kappa shape index (κ2) is 5.50. The van der Waals surface area contributed by atoms with Gasteiger partial charge in [-0.05, 0) is 29.3 Å². The Hall–Kier alpha value is -1.85. The van der Waals surface area contributed by atoms with Crippen LogP contribution in [-0.4, -0.2) is 17.1 Å². The van der Waals surface area contributed by atoms with E-state index in [4.69, 9.17) is 5.73 Å². The van der Waals surface area contributed by atoms with E-state index in [0.29, 0.717) is 17.7 Å². The van der Waals surface area contributed by atoms with E-state index in [0.717, 1.165) is 15.6 Å². The second-order valence-corrected chi connectivity index (χ2v) is 6.11. The average Bonchev–Trinajstić information content (AvgIpc) is 2.74. The van der Waals surface area contributed by atoms with Crippen molar-refractivity contribution in [2.45, 2.75) is 18.6 Å². The van der Waals surface area contributed by atoms with Crippen molar-refractivity contribution in [3.05, 3.63) is 63.6 Å². The molecule has 2 atom stereocenters. The van der Waals surface area contributed by atoms with Crippen molar-refractivity contribution < 1.29 is 9.90 Å². The number of hydrogen-bond donors (Lipinski definition) is 3. The number of carbonyl (C=O) groups is 1. The summed E-state index contributed by atoms with van der Waals surface area (Å²) in [6, 6.07) is 12.4. The maximum Gasteiger partial charge on any atom is 0.251 e. The number of rotatable bonds is 2. The van der Waals surface area contributed by atoms with Gasteiger partial charge in [0.1, 0.15) is 0 Å². The minimum absolute atomic E-state index is 0.247. The van der Waals surface area contributed by atoms with E-state index in [1.807, 2.05) is 24.3 Å². The van der Waals surface area contributed by atoms with Gasteiger partial charge in [-0.25, -0.2) is 0 Å². The highest BCUT2D eigenvalue weighted by atomic mass is 79.9. The molecule has 1 aliphatic carbocycles. The van der Waals surface area contributed by atoms with E-state index in [2.05, 4.69) is 21.2 Å². The van der Waals surface area contributed by atoms with Crippen LogP contribution < -0.4 is 11.1 Å². The van der Waals surface area contributed by atoms with Gasteiger partial charge in [0, 0.05) is 22.1 Å². The summed E-state index contributed by atoms with van der Waals surface area (Å²) < 4.78 is 0.750. The van der Waals surface area contributed by atoms with Gasteiger partial charge in [0.05, 0.1) is 12.1 Å². The number of amides is 1. The Bertz CT molecular complexity index is 682. The Morgan fingerprint density at radius 1 is 1.29 bits per heavy atom. The monoisotopic (exact) mass is 346 g/mol. The fraction of sp³-hybridized carbons (Fsp3) is 0.188. The first-order chi connectivity index (χ1) is 10.0. The van der Waals surface area contributed by atoms with E-state index in [1.165, 1.54) is 0 Å². The van der Waals surface area contributed by atoms with Gasteiger partial charge < -0.3 is 16.2 Å². The Balaban J connectivity index is 1.85.